The minimum absolute atomic E-state index is 0.141. The Labute approximate surface area is 103 Å². The van der Waals surface area contributed by atoms with Crippen molar-refractivity contribution in [3.63, 3.8) is 0 Å². The molecule has 0 saturated carbocycles. The van der Waals surface area contributed by atoms with Crippen molar-refractivity contribution in [1.29, 1.82) is 0 Å². The van der Waals surface area contributed by atoms with E-state index in [-0.39, 0.29) is 17.3 Å². The number of benzene rings is 1. The molecule has 0 radical (unpaired) electrons. The molecule has 0 aliphatic heterocycles. The van der Waals surface area contributed by atoms with E-state index in [1.807, 2.05) is 0 Å². The summed E-state index contributed by atoms with van der Waals surface area (Å²) in [6.45, 7) is 1.54. The number of oxime groups is 1. The predicted molar refractivity (Wildman–Crippen MR) is 63.1 cm³/mol. The monoisotopic (exact) mass is 255 g/mol. The van der Waals surface area contributed by atoms with Crippen LogP contribution in [0.4, 0.5) is 5.69 Å². The van der Waals surface area contributed by atoms with Crippen LogP contribution < -0.4 is 15.2 Å². The molecule has 0 aliphatic rings. The van der Waals surface area contributed by atoms with Crippen LogP contribution in [0, 0.1) is 10.1 Å². The van der Waals surface area contributed by atoms with E-state index < -0.39 is 11.0 Å². The molecule has 18 heavy (non-hydrogen) atoms. The SMILES string of the molecule is COc1ccc([N+](=O)[O-])cc1OC(C)C(N)=NO. The molecule has 0 saturated heterocycles. The first-order valence-corrected chi connectivity index (χ1v) is 4.96. The van der Waals surface area contributed by atoms with Gasteiger partial charge >= 0.3 is 0 Å². The average molecular weight is 255 g/mol. The molecule has 8 heteroatoms. The minimum atomic E-state index is -0.745. The van der Waals surface area contributed by atoms with Gasteiger partial charge in [0.2, 0.25) is 0 Å². The van der Waals surface area contributed by atoms with Gasteiger partial charge < -0.3 is 20.4 Å². The molecule has 0 bridgehead atoms. The largest absolute Gasteiger partial charge is 0.493 e. The smallest absolute Gasteiger partial charge is 0.273 e. The summed E-state index contributed by atoms with van der Waals surface area (Å²) in [5.74, 6) is 0.313. The van der Waals surface area contributed by atoms with E-state index in [1.165, 1.54) is 32.2 Å². The first-order valence-electron chi connectivity index (χ1n) is 4.96. The first kappa shape index (κ1) is 13.6. The van der Waals surface area contributed by atoms with E-state index in [0.29, 0.717) is 5.75 Å². The highest BCUT2D eigenvalue weighted by Crippen LogP contribution is 2.31. The molecule has 0 fully saturated rings. The van der Waals surface area contributed by atoms with Gasteiger partial charge in [0, 0.05) is 6.07 Å². The zero-order valence-electron chi connectivity index (χ0n) is 9.86. The van der Waals surface area contributed by atoms with Crippen LogP contribution in [0.25, 0.3) is 0 Å². The van der Waals surface area contributed by atoms with Crippen molar-refractivity contribution >= 4 is 11.5 Å². The Morgan fingerprint density at radius 1 is 1.56 bits per heavy atom. The van der Waals surface area contributed by atoms with Crippen molar-refractivity contribution in [3.05, 3.63) is 28.3 Å². The molecule has 1 rings (SSSR count). The van der Waals surface area contributed by atoms with Crippen LogP contribution >= 0.6 is 0 Å². The molecular formula is C10H13N3O5. The zero-order chi connectivity index (χ0) is 13.7. The molecule has 1 unspecified atom stereocenters. The normalized spacial score (nSPS) is 12.9. The Hall–Kier alpha value is -2.51. The molecule has 0 spiro atoms. The summed E-state index contributed by atoms with van der Waals surface area (Å²) in [4.78, 5) is 10.1. The number of amidine groups is 1. The fraction of sp³-hybridized carbons (Fsp3) is 0.300. The maximum atomic E-state index is 10.6. The quantitative estimate of drug-likeness (QED) is 0.267. The summed E-state index contributed by atoms with van der Waals surface area (Å²) in [6, 6.07) is 3.91. The third kappa shape index (κ3) is 3.00. The Balaban J connectivity index is 3.05. The van der Waals surface area contributed by atoms with E-state index >= 15 is 0 Å². The number of hydrogen-bond acceptors (Lipinski definition) is 6. The molecule has 0 aliphatic carbocycles. The van der Waals surface area contributed by atoms with Crippen molar-refractivity contribution < 1.29 is 19.6 Å². The van der Waals surface area contributed by atoms with Crippen LogP contribution in [0.1, 0.15) is 6.92 Å². The van der Waals surface area contributed by atoms with Gasteiger partial charge in [-0.1, -0.05) is 5.16 Å². The maximum Gasteiger partial charge on any atom is 0.273 e. The molecule has 3 N–H and O–H groups in total. The van der Waals surface area contributed by atoms with Crippen molar-refractivity contribution in [1.82, 2.24) is 0 Å². The maximum absolute atomic E-state index is 10.6. The van der Waals surface area contributed by atoms with Gasteiger partial charge in [-0.2, -0.15) is 0 Å². The Bertz CT molecular complexity index is 475. The van der Waals surface area contributed by atoms with Crippen LogP contribution in [0.2, 0.25) is 0 Å². The van der Waals surface area contributed by atoms with E-state index in [9.17, 15) is 10.1 Å². The summed E-state index contributed by atoms with van der Waals surface area (Å²) in [7, 11) is 1.40. The second-order valence-corrected chi connectivity index (χ2v) is 3.38. The zero-order valence-corrected chi connectivity index (χ0v) is 9.86. The van der Waals surface area contributed by atoms with Crippen LogP contribution in [-0.4, -0.2) is 29.2 Å². The van der Waals surface area contributed by atoms with Gasteiger partial charge in [-0.05, 0) is 13.0 Å². The van der Waals surface area contributed by atoms with Gasteiger partial charge in [0.25, 0.3) is 5.69 Å². The number of hydrogen-bond donors (Lipinski definition) is 2. The number of nitrogens with two attached hydrogens (primary N) is 1. The summed E-state index contributed by atoms with van der Waals surface area (Å²) in [6.07, 6.45) is -0.745. The number of rotatable bonds is 5. The van der Waals surface area contributed by atoms with Crippen LogP contribution in [0.5, 0.6) is 11.5 Å². The van der Waals surface area contributed by atoms with Crippen molar-refractivity contribution in [2.75, 3.05) is 7.11 Å². The van der Waals surface area contributed by atoms with Crippen molar-refractivity contribution in [2.24, 2.45) is 10.9 Å². The average Bonchev–Trinajstić information content (AvgIpc) is 2.37. The topological polar surface area (TPSA) is 120 Å². The number of nitro benzene ring substituents is 1. The lowest BCUT2D eigenvalue weighted by molar-refractivity contribution is -0.385. The highest BCUT2D eigenvalue weighted by atomic mass is 16.6. The first-order chi connectivity index (χ1) is 8.49. The lowest BCUT2D eigenvalue weighted by Crippen LogP contribution is -2.31. The molecule has 1 atom stereocenters. The van der Waals surface area contributed by atoms with Gasteiger partial charge in [-0.25, -0.2) is 0 Å². The molecule has 0 aromatic heterocycles. The lowest BCUT2D eigenvalue weighted by atomic mass is 10.2. The third-order valence-corrected chi connectivity index (χ3v) is 2.19. The Morgan fingerprint density at radius 3 is 2.72 bits per heavy atom. The second-order valence-electron chi connectivity index (χ2n) is 3.38. The fourth-order valence-electron chi connectivity index (χ4n) is 1.20. The predicted octanol–water partition coefficient (Wildman–Crippen LogP) is 1.12. The molecular weight excluding hydrogens is 242 g/mol. The van der Waals surface area contributed by atoms with E-state index in [4.69, 9.17) is 20.4 Å². The summed E-state index contributed by atoms with van der Waals surface area (Å²) >= 11 is 0. The molecule has 0 heterocycles. The summed E-state index contributed by atoms with van der Waals surface area (Å²) in [5.41, 5.74) is 5.21. The molecule has 0 amide bonds. The van der Waals surface area contributed by atoms with E-state index in [2.05, 4.69) is 5.16 Å². The Kier molecular flexibility index (Phi) is 4.30. The minimum Gasteiger partial charge on any atom is -0.493 e. The summed E-state index contributed by atoms with van der Waals surface area (Å²) in [5, 5.41) is 21.9. The van der Waals surface area contributed by atoms with Crippen LogP contribution in [-0.2, 0) is 0 Å². The van der Waals surface area contributed by atoms with Crippen LogP contribution in [0.15, 0.2) is 23.4 Å². The highest BCUT2D eigenvalue weighted by Gasteiger charge is 2.16. The van der Waals surface area contributed by atoms with Gasteiger partial charge in [-0.15, -0.1) is 0 Å². The standard InChI is InChI=1S/C10H13N3O5/c1-6(10(11)12-14)18-9-5-7(13(15)16)3-4-8(9)17-2/h3-6,14H,1-2H3,(H2,11,12). The number of nitrogens with zero attached hydrogens (tertiary/aromatic N) is 2. The van der Waals surface area contributed by atoms with Crippen molar-refractivity contribution in [2.45, 2.75) is 13.0 Å². The van der Waals surface area contributed by atoms with Gasteiger partial charge in [0.05, 0.1) is 18.1 Å². The molecule has 1 aromatic rings. The number of non-ortho nitro benzene ring substituents is 1. The molecule has 98 valence electrons. The molecule has 8 nitrogen and oxygen atoms in total. The highest BCUT2D eigenvalue weighted by molar-refractivity contribution is 5.84. The van der Waals surface area contributed by atoms with Crippen LogP contribution in [0.3, 0.4) is 0 Å². The number of ether oxygens (including phenoxy) is 2. The summed E-state index contributed by atoms with van der Waals surface area (Å²) < 4.78 is 10.3. The number of methoxy groups -OCH3 is 1. The van der Waals surface area contributed by atoms with Crippen molar-refractivity contribution in [3.8, 4) is 11.5 Å². The molecule has 1 aromatic carbocycles. The fourth-order valence-corrected chi connectivity index (χ4v) is 1.20. The van der Waals surface area contributed by atoms with Gasteiger partial charge in [-0.3, -0.25) is 10.1 Å². The third-order valence-electron chi connectivity index (χ3n) is 2.19. The van der Waals surface area contributed by atoms with E-state index in [0.717, 1.165) is 0 Å². The Morgan fingerprint density at radius 2 is 2.22 bits per heavy atom. The number of nitro groups is 1. The second kappa shape index (κ2) is 5.71. The lowest BCUT2D eigenvalue weighted by Gasteiger charge is -2.15. The van der Waals surface area contributed by atoms with E-state index in [1.54, 1.807) is 0 Å². The van der Waals surface area contributed by atoms with Gasteiger partial charge in [0.1, 0.15) is 0 Å². The van der Waals surface area contributed by atoms with Gasteiger partial charge in [0.15, 0.2) is 23.4 Å².